The van der Waals surface area contributed by atoms with Crippen molar-refractivity contribution >= 4 is 5.90 Å². The molecule has 3 atom stereocenters. The number of ether oxygens (including phenoxy) is 2. The van der Waals surface area contributed by atoms with E-state index in [2.05, 4.69) is 26.8 Å². The van der Waals surface area contributed by atoms with Gasteiger partial charge in [-0.1, -0.05) is 6.92 Å². The average Bonchev–Trinajstić information content (AvgIpc) is 3.08. The summed E-state index contributed by atoms with van der Waals surface area (Å²) in [7, 11) is 1.71. The summed E-state index contributed by atoms with van der Waals surface area (Å²) in [4.78, 5) is 4.75. The van der Waals surface area contributed by atoms with Gasteiger partial charge in [-0.3, -0.25) is 0 Å². The fourth-order valence-corrected chi connectivity index (χ4v) is 3.07. The molecule has 4 heteroatoms. The molecule has 0 unspecified atom stereocenters. The Hall–Kier alpha value is -1.71. The minimum atomic E-state index is -0.140. The Morgan fingerprint density at radius 2 is 2.20 bits per heavy atom. The van der Waals surface area contributed by atoms with Gasteiger partial charge >= 0.3 is 0 Å². The molecular weight excluding hydrogens is 254 g/mol. The van der Waals surface area contributed by atoms with Crippen molar-refractivity contribution in [2.24, 2.45) is 16.8 Å². The van der Waals surface area contributed by atoms with Crippen LogP contribution in [0.4, 0.5) is 0 Å². The molecule has 0 fully saturated rings. The smallest absolute Gasteiger partial charge is 0.188 e. The van der Waals surface area contributed by atoms with Gasteiger partial charge in [-0.05, 0) is 32.1 Å². The zero-order valence-corrected chi connectivity index (χ0v) is 12.4. The highest BCUT2D eigenvalue weighted by Gasteiger charge is 2.44. The summed E-state index contributed by atoms with van der Waals surface area (Å²) in [5.41, 5.74) is -0.140. The third kappa shape index (κ3) is 2.13. The summed E-state index contributed by atoms with van der Waals surface area (Å²) in [5, 5.41) is 0. The van der Waals surface area contributed by atoms with Crippen LogP contribution in [0.25, 0.3) is 0 Å². The molecule has 0 spiro atoms. The van der Waals surface area contributed by atoms with Crippen LogP contribution in [0.5, 0.6) is 0 Å². The molecule has 108 valence electrons. The van der Waals surface area contributed by atoms with E-state index in [-0.39, 0.29) is 23.3 Å². The Morgan fingerprint density at radius 3 is 2.75 bits per heavy atom. The number of hydrogen-bond acceptors (Lipinski definition) is 4. The van der Waals surface area contributed by atoms with Crippen LogP contribution in [0.15, 0.2) is 39.6 Å². The van der Waals surface area contributed by atoms with E-state index >= 15 is 0 Å². The maximum atomic E-state index is 5.86. The molecule has 3 rings (SSSR count). The average molecular weight is 275 g/mol. The quantitative estimate of drug-likeness (QED) is 0.849. The second-order valence-corrected chi connectivity index (χ2v) is 6.18. The predicted molar refractivity (Wildman–Crippen MR) is 76.7 cm³/mol. The summed E-state index contributed by atoms with van der Waals surface area (Å²) in [6.45, 7) is 6.97. The summed E-state index contributed by atoms with van der Waals surface area (Å²) in [6.07, 6.45) is 3.84. The van der Waals surface area contributed by atoms with Crippen LogP contribution in [0.2, 0.25) is 0 Å². The zero-order valence-electron chi connectivity index (χ0n) is 12.4. The molecule has 0 aromatic carbocycles. The molecule has 1 aliphatic carbocycles. The minimum Gasteiger partial charge on any atom is -0.501 e. The molecule has 2 heterocycles. The van der Waals surface area contributed by atoms with Crippen molar-refractivity contribution in [2.45, 2.75) is 32.2 Å². The second kappa shape index (κ2) is 4.69. The van der Waals surface area contributed by atoms with Gasteiger partial charge in [0.05, 0.1) is 36.5 Å². The SMILES string of the molecule is COC1=C[C@H](c2ccco2)[C@H](C2=NC(C)(C)CO2)[C@H]1C. The summed E-state index contributed by atoms with van der Waals surface area (Å²) >= 11 is 0. The lowest BCUT2D eigenvalue weighted by molar-refractivity contribution is 0.223. The van der Waals surface area contributed by atoms with Gasteiger partial charge in [-0.25, -0.2) is 4.99 Å². The van der Waals surface area contributed by atoms with Gasteiger partial charge in [0, 0.05) is 5.92 Å². The van der Waals surface area contributed by atoms with Gasteiger partial charge in [-0.2, -0.15) is 0 Å². The molecule has 0 bridgehead atoms. The fourth-order valence-electron chi connectivity index (χ4n) is 3.07. The lowest BCUT2D eigenvalue weighted by Crippen LogP contribution is -2.24. The van der Waals surface area contributed by atoms with Gasteiger partial charge in [0.25, 0.3) is 0 Å². The Bertz CT molecular complexity index is 542. The van der Waals surface area contributed by atoms with Gasteiger partial charge in [-0.15, -0.1) is 0 Å². The first-order valence-corrected chi connectivity index (χ1v) is 7.03. The number of aliphatic imine (C=N–C) groups is 1. The molecular formula is C16H21NO3. The first-order valence-electron chi connectivity index (χ1n) is 7.03. The monoisotopic (exact) mass is 275 g/mol. The lowest BCUT2D eigenvalue weighted by atomic mass is 9.87. The normalized spacial score (nSPS) is 31.7. The Kier molecular flexibility index (Phi) is 3.11. The van der Waals surface area contributed by atoms with Gasteiger partial charge in [0.15, 0.2) is 5.90 Å². The largest absolute Gasteiger partial charge is 0.501 e. The van der Waals surface area contributed by atoms with Crippen molar-refractivity contribution in [3.63, 3.8) is 0 Å². The highest BCUT2D eigenvalue weighted by molar-refractivity contribution is 5.83. The first kappa shape index (κ1) is 13.3. The van der Waals surface area contributed by atoms with Gasteiger partial charge in [0.1, 0.15) is 12.4 Å². The van der Waals surface area contributed by atoms with Crippen LogP contribution < -0.4 is 0 Å². The van der Waals surface area contributed by atoms with Crippen molar-refractivity contribution in [1.82, 2.24) is 0 Å². The molecule has 0 N–H and O–H groups in total. The van der Waals surface area contributed by atoms with Crippen LogP contribution in [-0.2, 0) is 9.47 Å². The molecule has 1 aromatic rings. The van der Waals surface area contributed by atoms with Crippen molar-refractivity contribution in [3.8, 4) is 0 Å². The molecule has 0 saturated carbocycles. The minimum absolute atomic E-state index is 0.127. The van der Waals surface area contributed by atoms with E-state index in [0.29, 0.717) is 6.61 Å². The highest BCUT2D eigenvalue weighted by Crippen LogP contribution is 2.45. The third-order valence-electron chi connectivity index (χ3n) is 4.10. The van der Waals surface area contributed by atoms with E-state index in [9.17, 15) is 0 Å². The number of methoxy groups -OCH3 is 1. The van der Waals surface area contributed by atoms with Crippen molar-refractivity contribution < 1.29 is 13.9 Å². The van der Waals surface area contributed by atoms with Crippen LogP contribution in [0, 0.1) is 11.8 Å². The third-order valence-corrected chi connectivity index (χ3v) is 4.10. The molecule has 1 aliphatic heterocycles. The Balaban J connectivity index is 1.96. The number of furan rings is 1. The molecule has 4 nitrogen and oxygen atoms in total. The van der Waals surface area contributed by atoms with Crippen molar-refractivity contribution in [2.75, 3.05) is 13.7 Å². The number of allylic oxidation sites excluding steroid dienone is 2. The van der Waals surface area contributed by atoms with Gasteiger partial charge in [0.2, 0.25) is 0 Å². The maximum Gasteiger partial charge on any atom is 0.188 e. The molecule has 0 saturated heterocycles. The first-order chi connectivity index (χ1) is 9.52. The van der Waals surface area contributed by atoms with E-state index in [1.807, 2.05) is 12.1 Å². The molecule has 0 radical (unpaired) electrons. The highest BCUT2D eigenvalue weighted by atomic mass is 16.5. The Labute approximate surface area is 119 Å². The van der Waals surface area contributed by atoms with Gasteiger partial charge < -0.3 is 13.9 Å². The van der Waals surface area contributed by atoms with Crippen LogP contribution >= 0.6 is 0 Å². The number of nitrogens with zero attached hydrogens (tertiary/aromatic N) is 1. The molecule has 0 amide bonds. The number of rotatable bonds is 3. The zero-order chi connectivity index (χ0) is 14.3. The molecule has 1 aromatic heterocycles. The number of hydrogen-bond donors (Lipinski definition) is 0. The van der Waals surface area contributed by atoms with E-state index < -0.39 is 0 Å². The summed E-state index contributed by atoms with van der Waals surface area (Å²) in [6, 6.07) is 3.91. The van der Waals surface area contributed by atoms with Crippen molar-refractivity contribution in [3.05, 3.63) is 36.0 Å². The second-order valence-electron chi connectivity index (χ2n) is 6.18. The lowest BCUT2D eigenvalue weighted by Gasteiger charge is -2.21. The van der Waals surface area contributed by atoms with Crippen molar-refractivity contribution in [1.29, 1.82) is 0 Å². The van der Waals surface area contributed by atoms with E-state index in [0.717, 1.165) is 17.4 Å². The maximum absolute atomic E-state index is 5.86. The van der Waals surface area contributed by atoms with E-state index in [1.165, 1.54) is 0 Å². The Morgan fingerprint density at radius 1 is 1.40 bits per heavy atom. The standard InChI is InChI=1S/C16H21NO3/c1-10-13(18-4)8-11(12-6-5-7-19-12)14(10)15-17-16(2,3)9-20-15/h5-8,10-11,14H,9H2,1-4H3/t10-,11+,14+/m0/s1. The van der Waals surface area contributed by atoms with Crippen LogP contribution in [-0.4, -0.2) is 25.2 Å². The molecule has 2 aliphatic rings. The predicted octanol–water partition coefficient (Wildman–Crippen LogP) is 3.37. The molecule has 20 heavy (non-hydrogen) atoms. The fraction of sp³-hybridized carbons (Fsp3) is 0.562. The van der Waals surface area contributed by atoms with E-state index in [4.69, 9.17) is 18.9 Å². The summed E-state index contributed by atoms with van der Waals surface area (Å²) < 4.78 is 17.0. The van der Waals surface area contributed by atoms with Crippen LogP contribution in [0.3, 0.4) is 0 Å². The summed E-state index contributed by atoms with van der Waals surface area (Å²) in [5.74, 6) is 3.26. The topological polar surface area (TPSA) is 44.0 Å². The van der Waals surface area contributed by atoms with E-state index in [1.54, 1.807) is 13.4 Å². The van der Waals surface area contributed by atoms with Crippen LogP contribution in [0.1, 0.15) is 32.4 Å².